The van der Waals surface area contributed by atoms with Crippen molar-refractivity contribution in [3.05, 3.63) is 93.0 Å². The van der Waals surface area contributed by atoms with E-state index in [2.05, 4.69) is 85.1 Å². The number of amides is 2. The van der Waals surface area contributed by atoms with Crippen LogP contribution in [0.2, 0.25) is 5.02 Å². The molecule has 5 heteroatoms. The fraction of sp³-hybridized carbons (Fsp3) is 0.412. The van der Waals surface area contributed by atoms with Crippen LogP contribution in [0.3, 0.4) is 0 Å². The Hall–Kier alpha value is -3.11. The lowest BCUT2D eigenvalue weighted by molar-refractivity contribution is -0.126. The molecule has 3 rings (SSSR count). The van der Waals surface area contributed by atoms with Gasteiger partial charge in [0, 0.05) is 16.4 Å². The molecule has 4 nitrogen and oxygen atoms in total. The van der Waals surface area contributed by atoms with Crippen LogP contribution < -0.4 is 10.6 Å². The van der Waals surface area contributed by atoms with Crippen molar-refractivity contribution >= 4 is 34.8 Å². The lowest BCUT2D eigenvalue weighted by Crippen LogP contribution is -2.33. The molecular weight excluding hydrogens is 504 g/mol. The molecule has 0 aliphatic carbocycles. The van der Waals surface area contributed by atoms with Gasteiger partial charge in [0.1, 0.15) is 5.92 Å². The Balaban J connectivity index is 2.11. The van der Waals surface area contributed by atoms with Gasteiger partial charge in [-0.1, -0.05) is 115 Å². The lowest BCUT2D eigenvalue weighted by Gasteiger charge is -2.25. The molecule has 0 saturated heterocycles. The maximum atomic E-state index is 14.1. The lowest BCUT2D eigenvalue weighted by atomic mass is 9.89. The fourth-order valence-corrected chi connectivity index (χ4v) is 5.30. The zero-order valence-corrected chi connectivity index (χ0v) is 25.5. The van der Waals surface area contributed by atoms with E-state index < -0.39 is 5.92 Å². The molecule has 2 N–H and O–H groups in total. The van der Waals surface area contributed by atoms with Gasteiger partial charge in [-0.25, -0.2) is 0 Å². The van der Waals surface area contributed by atoms with Gasteiger partial charge in [0.05, 0.1) is 0 Å². The molecule has 0 aliphatic heterocycles. The number of carbonyl (C=O) groups excluding carboxylic acids is 2. The molecule has 0 radical (unpaired) electrons. The van der Waals surface area contributed by atoms with Crippen LogP contribution in [0, 0.1) is 6.92 Å². The van der Waals surface area contributed by atoms with Crippen LogP contribution in [0.5, 0.6) is 0 Å². The second-order valence-corrected chi connectivity index (χ2v) is 12.2. The molecule has 3 aromatic carbocycles. The highest BCUT2D eigenvalue weighted by molar-refractivity contribution is 6.31. The summed E-state index contributed by atoms with van der Waals surface area (Å²) < 4.78 is 0. The average molecular weight is 547 g/mol. The molecule has 0 heterocycles. The third kappa shape index (κ3) is 7.10. The Labute approximate surface area is 239 Å². The van der Waals surface area contributed by atoms with Gasteiger partial charge in [-0.3, -0.25) is 9.59 Å². The summed E-state index contributed by atoms with van der Waals surface area (Å²) >= 11 is 6.46. The van der Waals surface area contributed by atoms with Crippen LogP contribution in [-0.4, -0.2) is 11.8 Å². The van der Waals surface area contributed by atoms with Crippen molar-refractivity contribution in [2.24, 2.45) is 0 Å². The number of carbonyl (C=O) groups is 2. The van der Waals surface area contributed by atoms with Crippen molar-refractivity contribution in [1.29, 1.82) is 0 Å². The third-order valence-electron chi connectivity index (χ3n) is 7.15. The van der Waals surface area contributed by atoms with Gasteiger partial charge in [0.25, 0.3) is 0 Å². The number of hydrogen-bond acceptors (Lipinski definition) is 2. The smallest absolute Gasteiger partial charge is 0.241 e. The number of benzene rings is 3. The molecule has 0 bridgehead atoms. The minimum absolute atomic E-state index is 0.135. The third-order valence-corrected chi connectivity index (χ3v) is 7.37. The SMILES string of the molecule is Cc1cc(C(C)C)c(NC(=O)C(C(=O)Nc2c(C(C)C)cc(Cl)cc2C(C)C)c2ccccc2)c(C(C)C)c1. The zero-order chi connectivity index (χ0) is 29.0. The molecule has 0 aliphatic rings. The highest BCUT2D eigenvalue weighted by Gasteiger charge is 2.31. The van der Waals surface area contributed by atoms with Crippen molar-refractivity contribution in [2.75, 3.05) is 10.6 Å². The predicted octanol–water partition coefficient (Wildman–Crippen LogP) is 9.50. The number of hydrogen-bond donors (Lipinski definition) is 2. The van der Waals surface area contributed by atoms with Gasteiger partial charge in [0.2, 0.25) is 11.8 Å². The van der Waals surface area contributed by atoms with Crippen LogP contribution in [0.25, 0.3) is 0 Å². The van der Waals surface area contributed by atoms with E-state index in [0.29, 0.717) is 10.6 Å². The van der Waals surface area contributed by atoms with Gasteiger partial charge in [-0.2, -0.15) is 0 Å². The molecule has 0 aromatic heterocycles. The maximum Gasteiger partial charge on any atom is 0.241 e. The van der Waals surface area contributed by atoms with Crippen LogP contribution in [0.15, 0.2) is 54.6 Å². The molecule has 3 aromatic rings. The quantitative estimate of drug-likeness (QED) is 0.262. The molecule has 2 amide bonds. The highest BCUT2D eigenvalue weighted by atomic mass is 35.5. The number of aryl methyl sites for hydroxylation is 1. The average Bonchev–Trinajstić information content (AvgIpc) is 2.85. The molecule has 39 heavy (non-hydrogen) atoms. The highest BCUT2D eigenvalue weighted by Crippen LogP contribution is 2.38. The van der Waals surface area contributed by atoms with Crippen LogP contribution >= 0.6 is 11.6 Å². The van der Waals surface area contributed by atoms with Gasteiger partial charge >= 0.3 is 0 Å². The summed E-state index contributed by atoms with van der Waals surface area (Å²) in [5.74, 6) is -1.07. The first-order valence-electron chi connectivity index (χ1n) is 14.0. The molecular formula is C34H43ClN2O2. The summed E-state index contributed by atoms with van der Waals surface area (Å²) in [6.45, 7) is 18.9. The summed E-state index contributed by atoms with van der Waals surface area (Å²) in [6, 6.07) is 17.3. The Morgan fingerprint density at radius 2 is 0.974 bits per heavy atom. The first-order valence-corrected chi connectivity index (χ1v) is 14.3. The van der Waals surface area contributed by atoms with E-state index in [-0.39, 0.29) is 35.5 Å². The van der Waals surface area contributed by atoms with E-state index >= 15 is 0 Å². The Morgan fingerprint density at radius 1 is 0.615 bits per heavy atom. The Morgan fingerprint density at radius 3 is 1.33 bits per heavy atom. The summed E-state index contributed by atoms with van der Waals surface area (Å²) in [4.78, 5) is 28.1. The van der Waals surface area contributed by atoms with Gasteiger partial charge in [-0.05, 0) is 70.5 Å². The number of nitrogens with one attached hydrogen (secondary N) is 2. The van der Waals surface area contributed by atoms with E-state index in [1.807, 2.05) is 42.5 Å². The normalized spacial score (nSPS) is 12.4. The molecule has 1 unspecified atom stereocenters. The summed E-state index contributed by atoms with van der Waals surface area (Å²) in [5.41, 5.74) is 7.39. The van der Waals surface area contributed by atoms with Gasteiger partial charge < -0.3 is 10.6 Å². The molecule has 0 saturated carbocycles. The van der Waals surface area contributed by atoms with Crippen LogP contribution in [0.1, 0.15) is 118 Å². The largest absolute Gasteiger partial charge is 0.325 e. The predicted molar refractivity (Wildman–Crippen MR) is 165 cm³/mol. The molecule has 0 spiro atoms. The van der Waals surface area contributed by atoms with Crippen molar-refractivity contribution < 1.29 is 9.59 Å². The van der Waals surface area contributed by atoms with Crippen LogP contribution in [0.4, 0.5) is 11.4 Å². The summed E-state index contributed by atoms with van der Waals surface area (Å²) in [5, 5.41) is 7.00. The monoisotopic (exact) mass is 546 g/mol. The summed E-state index contributed by atoms with van der Waals surface area (Å²) in [7, 11) is 0. The second kappa shape index (κ2) is 12.8. The van der Waals surface area contributed by atoms with Crippen molar-refractivity contribution in [1.82, 2.24) is 0 Å². The summed E-state index contributed by atoms with van der Waals surface area (Å²) in [6.07, 6.45) is 0. The van der Waals surface area contributed by atoms with Crippen LogP contribution in [-0.2, 0) is 9.59 Å². The molecule has 0 fully saturated rings. The molecule has 1 atom stereocenters. The molecule has 208 valence electrons. The van der Waals surface area contributed by atoms with Crippen molar-refractivity contribution in [3.63, 3.8) is 0 Å². The maximum absolute atomic E-state index is 14.1. The Bertz CT molecular complexity index is 1180. The van der Waals surface area contributed by atoms with Crippen molar-refractivity contribution in [3.8, 4) is 0 Å². The number of rotatable bonds is 9. The minimum Gasteiger partial charge on any atom is -0.325 e. The van der Waals surface area contributed by atoms with Gasteiger partial charge in [-0.15, -0.1) is 0 Å². The van der Waals surface area contributed by atoms with Crippen molar-refractivity contribution in [2.45, 2.75) is 91.9 Å². The van der Waals surface area contributed by atoms with Gasteiger partial charge in [0.15, 0.2) is 0 Å². The van der Waals surface area contributed by atoms with E-state index in [1.54, 1.807) is 0 Å². The Kier molecular flexibility index (Phi) is 10.0. The first-order chi connectivity index (χ1) is 18.3. The van der Waals surface area contributed by atoms with E-state index in [1.165, 1.54) is 0 Å². The fourth-order valence-electron chi connectivity index (χ4n) is 5.06. The van der Waals surface area contributed by atoms with E-state index in [0.717, 1.165) is 39.2 Å². The van der Waals surface area contributed by atoms with E-state index in [4.69, 9.17) is 11.6 Å². The topological polar surface area (TPSA) is 58.2 Å². The zero-order valence-electron chi connectivity index (χ0n) is 24.8. The standard InChI is InChI=1S/C34H43ClN2O2/c1-19(2)26-15-23(9)16-27(20(3)4)31(26)36-33(38)30(24-13-11-10-12-14-24)34(39)37-32-28(21(5)6)17-25(35)18-29(32)22(7)8/h10-22,30H,1-9H3,(H,36,38)(H,37,39). The number of anilines is 2. The second-order valence-electron chi connectivity index (χ2n) is 11.7. The van der Waals surface area contributed by atoms with E-state index in [9.17, 15) is 9.59 Å². The minimum atomic E-state index is -1.04. The number of halogens is 1. The first kappa shape index (κ1) is 30.4.